The van der Waals surface area contributed by atoms with Crippen LogP contribution < -0.4 is 5.73 Å². The van der Waals surface area contributed by atoms with Crippen LogP contribution in [0.15, 0.2) is 18.2 Å². The molecule has 0 spiro atoms. The van der Waals surface area contributed by atoms with Gasteiger partial charge in [0, 0.05) is 11.3 Å². The Morgan fingerprint density at radius 2 is 2.26 bits per heavy atom. The first-order valence-corrected chi connectivity index (χ1v) is 6.86. The van der Waals surface area contributed by atoms with Crippen molar-refractivity contribution in [1.29, 1.82) is 0 Å². The van der Waals surface area contributed by atoms with Gasteiger partial charge in [0.2, 0.25) is 0 Å². The molecule has 2 N–H and O–H groups in total. The standard InChI is InChI=1S/C13H16ClN5/c1-8(6-9-2-3-9)19-13(16-17-18-19)11-5-4-10(15)7-12(11)14/h4-5,7-9H,2-3,6,15H2,1H3. The van der Waals surface area contributed by atoms with Gasteiger partial charge >= 0.3 is 0 Å². The first kappa shape index (κ1) is 12.4. The van der Waals surface area contributed by atoms with Crippen LogP contribution in [0.2, 0.25) is 5.02 Å². The van der Waals surface area contributed by atoms with Crippen molar-refractivity contribution in [1.82, 2.24) is 20.2 Å². The topological polar surface area (TPSA) is 69.6 Å². The molecule has 0 bridgehead atoms. The molecule has 2 aromatic rings. The quantitative estimate of drug-likeness (QED) is 0.873. The minimum atomic E-state index is 0.283. The molecule has 1 aliphatic rings. The molecule has 1 unspecified atom stereocenters. The third-order valence-electron chi connectivity index (χ3n) is 3.52. The lowest BCUT2D eigenvalue weighted by Gasteiger charge is -2.13. The van der Waals surface area contributed by atoms with Gasteiger partial charge in [0.15, 0.2) is 5.82 Å². The van der Waals surface area contributed by atoms with Crippen LogP contribution in [0.4, 0.5) is 5.69 Å². The van der Waals surface area contributed by atoms with Gasteiger partial charge in [-0.3, -0.25) is 0 Å². The largest absolute Gasteiger partial charge is 0.399 e. The fraction of sp³-hybridized carbons (Fsp3) is 0.462. The van der Waals surface area contributed by atoms with E-state index < -0.39 is 0 Å². The minimum Gasteiger partial charge on any atom is -0.399 e. The molecule has 1 atom stereocenters. The van der Waals surface area contributed by atoms with E-state index in [1.165, 1.54) is 12.8 Å². The number of nitrogen functional groups attached to an aromatic ring is 1. The molecule has 19 heavy (non-hydrogen) atoms. The van der Waals surface area contributed by atoms with Crippen molar-refractivity contribution < 1.29 is 0 Å². The van der Waals surface area contributed by atoms with Gasteiger partial charge in [0.25, 0.3) is 0 Å². The van der Waals surface area contributed by atoms with Gasteiger partial charge in [-0.2, -0.15) is 0 Å². The minimum absolute atomic E-state index is 0.283. The summed E-state index contributed by atoms with van der Waals surface area (Å²) in [5.41, 5.74) is 7.17. The van der Waals surface area contributed by atoms with Crippen LogP contribution in [0.3, 0.4) is 0 Å². The fourth-order valence-corrected chi connectivity index (χ4v) is 2.59. The van der Waals surface area contributed by atoms with E-state index >= 15 is 0 Å². The molecule has 5 nitrogen and oxygen atoms in total. The lowest BCUT2D eigenvalue weighted by Crippen LogP contribution is -2.10. The molecule has 1 aromatic heterocycles. The second-order valence-electron chi connectivity index (χ2n) is 5.21. The van der Waals surface area contributed by atoms with Crippen molar-refractivity contribution in [2.45, 2.75) is 32.2 Å². The van der Waals surface area contributed by atoms with E-state index in [1.807, 2.05) is 16.8 Å². The molecule has 3 rings (SSSR count). The molecule has 100 valence electrons. The summed E-state index contributed by atoms with van der Waals surface area (Å²) in [4.78, 5) is 0. The van der Waals surface area contributed by atoms with Crippen LogP contribution in [-0.2, 0) is 0 Å². The highest BCUT2D eigenvalue weighted by molar-refractivity contribution is 6.33. The first-order valence-electron chi connectivity index (χ1n) is 6.48. The number of anilines is 1. The predicted octanol–water partition coefficient (Wildman–Crippen LogP) is 2.94. The molecule has 1 heterocycles. The van der Waals surface area contributed by atoms with Gasteiger partial charge in [-0.25, -0.2) is 4.68 Å². The average molecular weight is 278 g/mol. The molecular weight excluding hydrogens is 262 g/mol. The maximum absolute atomic E-state index is 6.23. The Morgan fingerprint density at radius 3 is 2.95 bits per heavy atom. The highest BCUT2D eigenvalue weighted by Gasteiger charge is 2.26. The number of tetrazole rings is 1. The van der Waals surface area contributed by atoms with Crippen LogP contribution >= 0.6 is 11.6 Å². The molecule has 1 aromatic carbocycles. The summed E-state index contributed by atoms with van der Waals surface area (Å²) in [6.45, 7) is 2.14. The summed E-state index contributed by atoms with van der Waals surface area (Å²) in [5.74, 6) is 1.53. The second-order valence-corrected chi connectivity index (χ2v) is 5.62. The molecule has 1 saturated carbocycles. The number of rotatable bonds is 4. The number of nitrogens with zero attached hydrogens (tertiary/aromatic N) is 4. The Kier molecular flexibility index (Phi) is 3.14. The van der Waals surface area contributed by atoms with Gasteiger partial charge in [0.05, 0.1) is 11.1 Å². The Balaban J connectivity index is 1.93. The molecule has 1 aliphatic carbocycles. The van der Waals surface area contributed by atoms with Crippen molar-refractivity contribution in [2.24, 2.45) is 5.92 Å². The third-order valence-corrected chi connectivity index (χ3v) is 3.83. The Labute approximate surface area is 116 Å². The zero-order chi connectivity index (χ0) is 13.4. The highest BCUT2D eigenvalue weighted by atomic mass is 35.5. The summed E-state index contributed by atoms with van der Waals surface area (Å²) in [7, 11) is 0. The maximum atomic E-state index is 6.23. The number of benzene rings is 1. The molecule has 0 amide bonds. The van der Waals surface area contributed by atoms with Crippen molar-refractivity contribution in [2.75, 3.05) is 5.73 Å². The number of hydrogen-bond acceptors (Lipinski definition) is 4. The maximum Gasteiger partial charge on any atom is 0.183 e. The van der Waals surface area contributed by atoms with Gasteiger partial charge in [0.1, 0.15) is 0 Å². The zero-order valence-electron chi connectivity index (χ0n) is 10.8. The van der Waals surface area contributed by atoms with Crippen molar-refractivity contribution in [3.8, 4) is 11.4 Å². The molecule has 0 radical (unpaired) electrons. The molecule has 0 aliphatic heterocycles. The van der Waals surface area contributed by atoms with Crippen LogP contribution in [0.25, 0.3) is 11.4 Å². The lowest BCUT2D eigenvalue weighted by molar-refractivity contribution is 0.430. The summed E-state index contributed by atoms with van der Waals surface area (Å²) in [5, 5.41) is 12.6. The van der Waals surface area contributed by atoms with Crippen molar-refractivity contribution in [3.05, 3.63) is 23.2 Å². The molecule has 6 heteroatoms. The zero-order valence-corrected chi connectivity index (χ0v) is 11.5. The summed E-state index contributed by atoms with van der Waals surface area (Å²) >= 11 is 6.23. The van der Waals surface area contributed by atoms with Crippen molar-refractivity contribution in [3.63, 3.8) is 0 Å². The van der Waals surface area contributed by atoms with Gasteiger partial charge in [-0.1, -0.05) is 24.4 Å². The Morgan fingerprint density at radius 1 is 1.47 bits per heavy atom. The van der Waals surface area contributed by atoms with E-state index in [-0.39, 0.29) is 6.04 Å². The van der Waals surface area contributed by atoms with Gasteiger partial charge in [-0.15, -0.1) is 5.10 Å². The number of halogens is 1. The van der Waals surface area contributed by atoms with Crippen LogP contribution in [0, 0.1) is 5.92 Å². The SMILES string of the molecule is CC(CC1CC1)n1nnnc1-c1ccc(N)cc1Cl. The molecule has 1 fully saturated rings. The smallest absolute Gasteiger partial charge is 0.183 e. The number of aromatic nitrogens is 4. The van der Waals surface area contributed by atoms with E-state index in [4.69, 9.17) is 17.3 Å². The van der Waals surface area contributed by atoms with E-state index in [9.17, 15) is 0 Å². The van der Waals surface area contributed by atoms with Crippen molar-refractivity contribution >= 4 is 17.3 Å². The van der Waals surface area contributed by atoms with E-state index in [2.05, 4.69) is 22.4 Å². The van der Waals surface area contributed by atoms with Crippen LogP contribution in [0.5, 0.6) is 0 Å². The lowest BCUT2D eigenvalue weighted by atomic mass is 10.1. The van der Waals surface area contributed by atoms with Crippen LogP contribution in [-0.4, -0.2) is 20.2 Å². The monoisotopic (exact) mass is 277 g/mol. The summed E-state index contributed by atoms with van der Waals surface area (Å²) in [6, 6.07) is 5.68. The molecular formula is C13H16ClN5. The Bertz CT molecular complexity index is 590. The van der Waals surface area contributed by atoms with Gasteiger partial charge < -0.3 is 5.73 Å². The number of nitrogens with two attached hydrogens (primary N) is 1. The Hall–Kier alpha value is -1.62. The van der Waals surface area contributed by atoms with E-state index in [0.717, 1.165) is 17.9 Å². The van der Waals surface area contributed by atoms with Crippen LogP contribution in [0.1, 0.15) is 32.2 Å². The molecule has 0 saturated heterocycles. The van der Waals surface area contributed by atoms with Gasteiger partial charge in [-0.05, 0) is 47.9 Å². The second kappa shape index (κ2) is 4.81. The predicted molar refractivity (Wildman–Crippen MR) is 74.7 cm³/mol. The normalized spacial score (nSPS) is 16.5. The fourth-order valence-electron chi connectivity index (χ4n) is 2.32. The summed E-state index contributed by atoms with van der Waals surface area (Å²) in [6.07, 6.45) is 3.76. The first-order chi connectivity index (χ1) is 9.15. The number of hydrogen-bond donors (Lipinski definition) is 1. The average Bonchev–Trinajstić information content (AvgIpc) is 3.04. The van der Waals surface area contributed by atoms with E-state index in [0.29, 0.717) is 16.5 Å². The van der Waals surface area contributed by atoms with E-state index in [1.54, 1.807) is 6.07 Å². The third kappa shape index (κ3) is 2.56. The summed E-state index contributed by atoms with van der Waals surface area (Å²) < 4.78 is 1.86. The highest BCUT2D eigenvalue weighted by Crippen LogP contribution is 2.37.